The molecule has 568 valence electrons. The third-order valence-corrected chi connectivity index (χ3v) is 25.8. The first-order chi connectivity index (χ1) is 60.6. The highest BCUT2D eigenvalue weighted by atomic mass is 15.1. The average molecular weight is 1550 g/mol. The number of fused-ring (bicyclic) bond motifs is 26. The maximum absolute atomic E-state index is 2.47. The number of nitrogens with zero attached hydrogens (tertiary/aromatic N) is 8. The zero-order valence-corrected chi connectivity index (χ0v) is 66.1. The molecule has 0 aliphatic carbocycles. The molecule has 0 amide bonds. The van der Waals surface area contributed by atoms with Gasteiger partial charge in [-0.2, -0.15) is 0 Å². The number of aromatic nitrogens is 8. The van der Waals surface area contributed by atoms with E-state index in [9.17, 15) is 0 Å². The molecule has 0 aliphatic heterocycles. The van der Waals surface area contributed by atoms with Crippen molar-refractivity contribution in [3.05, 3.63) is 437 Å². The zero-order chi connectivity index (χ0) is 79.8. The molecule has 27 rings (SSSR count). The molecule has 8 nitrogen and oxygen atoms in total. The summed E-state index contributed by atoms with van der Waals surface area (Å²) in [5.41, 5.74) is 30.7. The van der Waals surface area contributed by atoms with E-state index in [1.165, 1.54) is 186 Å². The van der Waals surface area contributed by atoms with E-state index >= 15 is 0 Å². The van der Waals surface area contributed by atoms with Crippen LogP contribution in [0.1, 0.15) is 0 Å². The van der Waals surface area contributed by atoms with Gasteiger partial charge in [0.2, 0.25) is 0 Å². The summed E-state index contributed by atoms with van der Waals surface area (Å²) in [6, 6.07) is 160. The minimum absolute atomic E-state index is 1.12. The van der Waals surface area contributed by atoms with Crippen molar-refractivity contribution in [2.24, 2.45) is 0 Å². The van der Waals surface area contributed by atoms with E-state index in [2.05, 4.69) is 473 Å². The first kappa shape index (κ1) is 67.7. The van der Waals surface area contributed by atoms with E-state index in [1.54, 1.807) is 0 Å². The Labute approximate surface area is 699 Å². The van der Waals surface area contributed by atoms with Gasteiger partial charge in [0.25, 0.3) is 0 Å². The smallest absolute Gasteiger partial charge is 0.0548 e. The number of benzene rings is 19. The van der Waals surface area contributed by atoms with Gasteiger partial charge in [-0.3, -0.25) is 0 Å². The molecule has 0 N–H and O–H groups in total. The predicted octanol–water partition coefficient (Wildman–Crippen LogP) is 29.8. The summed E-state index contributed by atoms with van der Waals surface area (Å²) in [4.78, 5) is 0. The third kappa shape index (κ3) is 9.91. The third-order valence-electron chi connectivity index (χ3n) is 25.8. The minimum Gasteiger partial charge on any atom is -0.309 e. The molecule has 0 saturated heterocycles. The molecule has 19 aromatic carbocycles. The van der Waals surface area contributed by atoms with Crippen molar-refractivity contribution >= 4 is 174 Å². The SMILES string of the molecule is c1ccc(-c2ccc3c(c2)c2cc4c(cc2n3-c2ccccc2)c2ccccc2n4-c2cccc(-n3c4ccccc4c4c5c6ccccc6n(-c6ccccc6)c5ccc43)c2)cc1.c1ccc(-n2c3ccccc3c3cc4c(cc32)c2ccccc2n4-c2cccc(-n3c4ccccc4c4c5c6ccccc6n(-c6ccccc6)c5ccc43)c2)cc1. The van der Waals surface area contributed by atoms with Crippen LogP contribution in [0.15, 0.2) is 437 Å². The Morgan fingerprint density at radius 3 is 0.598 bits per heavy atom. The van der Waals surface area contributed by atoms with Crippen LogP contribution in [-0.4, -0.2) is 36.5 Å². The van der Waals surface area contributed by atoms with Gasteiger partial charge in [-0.1, -0.05) is 249 Å². The maximum atomic E-state index is 2.47. The van der Waals surface area contributed by atoms with Crippen molar-refractivity contribution < 1.29 is 0 Å². The monoisotopic (exact) mass is 1550 g/mol. The number of para-hydroxylation sites is 11. The van der Waals surface area contributed by atoms with Crippen LogP contribution in [0.5, 0.6) is 0 Å². The highest BCUT2D eigenvalue weighted by molar-refractivity contribution is 6.31. The lowest BCUT2D eigenvalue weighted by molar-refractivity contribution is 1.13. The fourth-order valence-electron chi connectivity index (χ4n) is 20.8. The summed E-state index contributed by atoms with van der Waals surface area (Å²) >= 11 is 0. The van der Waals surface area contributed by atoms with Crippen LogP contribution in [0.4, 0.5) is 0 Å². The quantitative estimate of drug-likeness (QED) is 0.138. The molecule has 0 fully saturated rings. The van der Waals surface area contributed by atoms with Crippen molar-refractivity contribution in [3.8, 4) is 56.6 Å². The Morgan fingerprint density at radius 1 is 0.0984 bits per heavy atom. The van der Waals surface area contributed by atoms with Crippen LogP contribution in [0, 0.1) is 0 Å². The lowest BCUT2D eigenvalue weighted by atomic mass is 10.0. The number of hydrogen-bond acceptors (Lipinski definition) is 0. The molecule has 0 saturated carbocycles. The van der Waals surface area contributed by atoms with Gasteiger partial charge in [-0.15, -0.1) is 0 Å². The van der Waals surface area contributed by atoms with Crippen molar-refractivity contribution in [3.63, 3.8) is 0 Å². The minimum atomic E-state index is 1.12. The van der Waals surface area contributed by atoms with E-state index in [1.807, 2.05) is 0 Å². The second-order valence-corrected chi connectivity index (χ2v) is 32.3. The fourth-order valence-corrected chi connectivity index (χ4v) is 20.8. The van der Waals surface area contributed by atoms with Crippen LogP contribution in [0.25, 0.3) is 231 Å². The summed E-state index contributed by atoms with van der Waals surface area (Å²) in [7, 11) is 0. The molecule has 8 heterocycles. The summed E-state index contributed by atoms with van der Waals surface area (Å²) in [5.74, 6) is 0. The van der Waals surface area contributed by atoms with E-state index < -0.39 is 0 Å². The summed E-state index contributed by atoms with van der Waals surface area (Å²) in [5, 5.41) is 20.0. The Bertz CT molecular complexity index is 8930. The van der Waals surface area contributed by atoms with Crippen LogP contribution < -0.4 is 0 Å². The molecule has 0 radical (unpaired) electrons. The second-order valence-electron chi connectivity index (χ2n) is 32.3. The van der Waals surface area contributed by atoms with Gasteiger partial charge >= 0.3 is 0 Å². The molecular weight excluding hydrogens is 1480 g/mol. The maximum Gasteiger partial charge on any atom is 0.0548 e. The van der Waals surface area contributed by atoms with Gasteiger partial charge in [0.15, 0.2) is 0 Å². The lowest BCUT2D eigenvalue weighted by Crippen LogP contribution is -1.98. The first-order valence-electron chi connectivity index (χ1n) is 42.0. The van der Waals surface area contributed by atoms with E-state index in [0.717, 1.165) is 45.5 Å². The van der Waals surface area contributed by atoms with Crippen LogP contribution >= 0.6 is 0 Å². The van der Waals surface area contributed by atoms with Crippen molar-refractivity contribution in [2.75, 3.05) is 0 Å². The van der Waals surface area contributed by atoms with Gasteiger partial charge < -0.3 is 36.5 Å². The molecule has 0 aliphatic rings. The normalized spacial score (nSPS) is 12.1. The van der Waals surface area contributed by atoms with E-state index in [4.69, 9.17) is 0 Å². The van der Waals surface area contributed by atoms with Crippen LogP contribution in [0.2, 0.25) is 0 Å². The van der Waals surface area contributed by atoms with E-state index in [-0.39, 0.29) is 0 Å². The fraction of sp³-hybridized carbons (Fsp3) is 0. The Hall–Kier alpha value is -16.4. The second kappa shape index (κ2) is 26.5. The van der Waals surface area contributed by atoms with Crippen molar-refractivity contribution in [1.82, 2.24) is 36.5 Å². The molecule has 8 aromatic heterocycles. The number of hydrogen-bond donors (Lipinski definition) is 0. The summed E-state index contributed by atoms with van der Waals surface area (Å²) in [6.07, 6.45) is 0. The van der Waals surface area contributed by atoms with Gasteiger partial charge in [0.05, 0.1) is 88.3 Å². The largest absolute Gasteiger partial charge is 0.309 e. The predicted molar refractivity (Wildman–Crippen MR) is 513 cm³/mol. The molecule has 0 bridgehead atoms. The Morgan fingerprint density at radius 2 is 0.295 bits per heavy atom. The molecular formula is C114H72N8. The Balaban J connectivity index is 0.000000132. The summed E-state index contributed by atoms with van der Waals surface area (Å²) in [6.45, 7) is 0. The first-order valence-corrected chi connectivity index (χ1v) is 42.0. The molecule has 8 heteroatoms. The van der Waals surface area contributed by atoms with Gasteiger partial charge in [-0.25, -0.2) is 0 Å². The molecule has 0 spiro atoms. The lowest BCUT2D eigenvalue weighted by Gasteiger charge is -2.13. The molecule has 122 heavy (non-hydrogen) atoms. The Kier molecular flexibility index (Phi) is 14.7. The molecule has 0 atom stereocenters. The number of rotatable bonds is 9. The van der Waals surface area contributed by atoms with Gasteiger partial charge in [0, 0.05) is 132 Å². The highest BCUT2D eigenvalue weighted by Gasteiger charge is 2.27. The van der Waals surface area contributed by atoms with E-state index in [0.29, 0.717) is 0 Å². The van der Waals surface area contributed by atoms with Crippen molar-refractivity contribution in [1.29, 1.82) is 0 Å². The van der Waals surface area contributed by atoms with Gasteiger partial charge in [-0.05, 0) is 199 Å². The molecule has 0 unspecified atom stereocenters. The van der Waals surface area contributed by atoms with Crippen molar-refractivity contribution in [2.45, 2.75) is 0 Å². The van der Waals surface area contributed by atoms with Crippen LogP contribution in [-0.2, 0) is 0 Å². The average Bonchev–Trinajstić information content (AvgIpc) is 1.55. The summed E-state index contributed by atoms with van der Waals surface area (Å²) < 4.78 is 19.5. The zero-order valence-electron chi connectivity index (χ0n) is 66.1. The topological polar surface area (TPSA) is 39.4 Å². The van der Waals surface area contributed by atoms with Crippen LogP contribution in [0.3, 0.4) is 0 Å². The van der Waals surface area contributed by atoms with Gasteiger partial charge in [0.1, 0.15) is 0 Å². The molecule has 27 aromatic rings. The standard InChI is InChI=1S/C60H38N4.C54H34N4/c1-4-17-39(18-5-1)40-31-32-54-48(35-40)50-38-57-49(37-58(50)62(54)42-21-8-3-9-22-42)45-25-10-13-28-51(45)64(57)44-24-16-23-43(36-44)63-53-30-15-12-27-47(53)60-56(63)34-33-55-59(60)46-26-11-14-29-52(46)61(55)41-19-6-2-7-20-41;1-3-16-35(17-4-1)55-47-28-13-9-24-41(47)53-49(55)30-31-50-54(53)42-25-10-14-29-48(42)57(50)37-20-15-21-38(32-37)58-46-27-12-8-23-40(46)44-33-51-43(34-52(44)58)39-22-7-11-26-45(39)56(51)36-18-5-2-6-19-36/h1-38H;1-34H. The highest BCUT2D eigenvalue weighted by Crippen LogP contribution is 2.48.